The number of rotatable bonds is 4. The number of ether oxygens (including phenoxy) is 2. The van der Waals surface area contributed by atoms with Crippen molar-refractivity contribution in [2.45, 2.75) is 0 Å². The number of nitrogens with zero attached hydrogens (tertiary/aromatic N) is 1. The quantitative estimate of drug-likeness (QED) is 0.510. The summed E-state index contributed by atoms with van der Waals surface area (Å²) in [5.74, 6) is 0.0419. The fourth-order valence-electron chi connectivity index (χ4n) is 2.56. The van der Waals surface area contributed by atoms with Gasteiger partial charge in [-0.2, -0.15) is 0 Å². The number of para-hydroxylation sites is 1. The summed E-state index contributed by atoms with van der Waals surface area (Å²) < 4.78 is 10.5. The Morgan fingerprint density at radius 2 is 1.77 bits per heavy atom. The summed E-state index contributed by atoms with van der Waals surface area (Å²) in [5.41, 5.74) is 1.12. The van der Waals surface area contributed by atoms with Gasteiger partial charge in [0, 0.05) is 11.6 Å². The van der Waals surface area contributed by atoms with E-state index in [0.29, 0.717) is 22.7 Å². The molecule has 0 aromatic heterocycles. The Labute approximate surface area is 156 Å². The maximum atomic E-state index is 12.9. The molecule has 1 aliphatic heterocycles. The van der Waals surface area contributed by atoms with Crippen LogP contribution in [0.1, 0.15) is 5.56 Å². The third-order valence-electron chi connectivity index (χ3n) is 3.86. The van der Waals surface area contributed by atoms with Crippen LogP contribution in [0.4, 0.5) is 5.69 Å². The van der Waals surface area contributed by atoms with Crippen molar-refractivity contribution in [1.29, 1.82) is 0 Å². The standard InChI is InChI=1S/C19H16N2O4S/c1-24-14-9-8-12(16(11-14)25-2)10-15-17(22)20-19(26)21(18(15)23)13-6-4-3-5-7-13/h3-11H,1-2H3,(H,20,22,26)/b15-10-. The summed E-state index contributed by atoms with van der Waals surface area (Å²) in [7, 11) is 3.05. The van der Waals surface area contributed by atoms with Gasteiger partial charge in [-0.15, -0.1) is 0 Å². The lowest BCUT2D eigenvalue weighted by molar-refractivity contribution is -0.122. The molecule has 132 valence electrons. The van der Waals surface area contributed by atoms with Crippen LogP contribution < -0.4 is 19.7 Å². The molecule has 1 N–H and O–H groups in total. The molecule has 0 radical (unpaired) electrons. The summed E-state index contributed by atoms with van der Waals surface area (Å²) in [6.07, 6.45) is 1.48. The summed E-state index contributed by atoms with van der Waals surface area (Å²) >= 11 is 5.17. The molecule has 0 spiro atoms. The zero-order valence-electron chi connectivity index (χ0n) is 14.2. The normalized spacial score (nSPS) is 15.8. The highest BCUT2D eigenvalue weighted by atomic mass is 32.1. The molecule has 0 saturated carbocycles. The summed E-state index contributed by atoms with van der Waals surface area (Å²) in [6.45, 7) is 0. The second-order valence-electron chi connectivity index (χ2n) is 5.40. The van der Waals surface area contributed by atoms with Crippen LogP contribution in [0.2, 0.25) is 0 Å². The number of nitrogens with one attached hydrogen (secondary N) is 1. The molecule has 1 fully saturated rings. The molecule has 1 aliphatic rings. The van der Waals surface area contributed by atoms with E-state index in [2.05, 4.69) is 5.32 Å². The zero-order valence-corrected chi connectivity index (χ0v) is 15.0. The Hall–Kier alpha value is -3.19. The van der Waals surface area contributed by atoms with Crippen LogP contribution in [0.5, 0.6) is 11.5 Å². The molecule has 2 amide bonds. The number of methoxy groups -OCH3 is 2. The van der Waals surface area contributed by atoms with Crippen molar-refractivity contribution in [3.05, 3.63) is 59.7 Å². The van der Waals surface area contributed by atoms with Crippen molar-refractivity contribution in [1.82, 2.24) is 5.32 Å². The van der Waals surface area contributed by atoms with E-state index in [-0.39, 0.29) is 10.7 Å². The van der Waals surface area contributed by atoms with Gasteiger partial charge in [0.2, 0.25) is 0 Å². The summed E-state index contributed by atoms with van der Waals surface area (Å²) in [4.78, 5) is 26.5. The van der Waals surface area contributed by atoms with E-state index in [1.165, 1.54) is 18.1 Å². The number of carbonyl (C=O) groups is 2. The summed E-state index contributed by atoms with van der Waals surface area (Å²) in [5, 5.41) is 2.60. The van der Waals surface area contributed by atoms with E-state index in [9.17, 15) is 9.59 Å². The van der Waals surface area contributed by atoms with Crippen LogP contribution in [-0.4, -0.2) is 31.1 Å². The van der Waals surface area contributed by atoms with Gasteiger partial charge in [0.1, 0.15) is 17.1 Å². The predicted molar refractivity (Wildman–Crippen MR) is 102 cm³/mol. The molecule has 0 bridgehead atoms. The number of anilines is 1. The lowest BCUT2D eigenvalue weighted by Gasteiger charge is -2.28. The first kappa shape index (κ1) is 17.6. The Morgan fingerprint density at radius 3 is 2.42 bits per heavy atom. The fraction of sp³-hybridized carbons (Fsp3) is 0.105. The highest BCUT2D eigenvalue weighted by Gasteiger charge is 2.34. The number of hydrogen-bond acceptors (Lipinski definition) is 5. The second-order valence-corrected chi connectivity index (χ2v) is 5.79. The average molecular weight is 368 g/mol. The molecule has 0 unspecified atom stereocenters. The van der Waals surface area contributed by atoms with Gasteiger partial charge in [0.05, 0.1) is 19.9 Å². The van der Waals surface area contributed by atoms with E-state index in [1.54, 1.807) is 49.6 Å². The Balaban J connectivity index is 2.04. The maximum Gasteiger partial charge on any atom is 0.270 e. The first-order valence-corrected chi connectivity index (χ1v) is 8.14. The lowest BCUT2D eigenvalue weighted by atomic mass is 10.1. The smallest absolute Gasteiger partial charge is 0.270 e. The van der Waals surface area contributed by atoms with Gasteiger partial charge >= 0.3 is 0 Å². The minimum atomic E-state index is -0.551. The van der Waals surface area contributed by atoms with Gasteiger partial charge in [0.25, 0.3) is 11.8 Å². The molecule has 0 aliphatic carbocycles. The molecule has 26 heavy (non-hydrogen) atoms. The van der Waals surface area contributed by atoms with Crippen LogP contribution in [0.25, 0.3) is 6.08 Å². The van der Waals surface area contributed by atoms with E-state index in [1.807, 2.05) is 6.07 Å². The molecule has 3 rings (SSSR count). The molecule has 2 aromatic carbocycles. The Kier molecular flexibility index (Phi) is 4.99. The van der Waals surface area contributed by atoms with Crippen LogP contribution in [-0.2, 0) is 9.59 Å². The zero-order chi connectivity index (χ0) is 18.7. The van der Waals surface area contributed by atoms with Crippen molar-refractivity contribution < 1.29 is 19.1 Å². The van der Waals surface area contributed by atoms with Gasteiger partial charge in [-0.05, 0) is 42.6 Å². The third-order valence-corrected chi connectivity index (χ3v) is 4.14. The van der Waals surface area contributed by atoms with Crippen molar-refractivity contribution in [2.75, 3.05) is 19.1 Å². The van der Waals surface area contributed by atoms with Crippen LogP contribution in [0, 0.1) is 0 Å². The Bertz CT molecular complexity index is 909. The molecule has 2 aromatic rings. The molecular weight excluding hydrogens is 352 g/mol. The highest BCUT2D eigenvalue weighted by Crippen LogP contribution is 2.28. The molecule has 6 nitrogen and oxygen atoms in total. The first-order valence-electron chi connectivity index (χ1n) is 7.73. The number of thiocarbonyl (C=S) groups is 1. The van der Waals surface area contributed by atoms with E-state index < -0.39 is 11.8 Å². The number of hydrogen-bond donors (Lipinski definition) is 1. The van der Waals surface area contributed by atoms with Gasteiger partial charge in [-0.25, -0.2) is 0 Å². The van der Waals surface area contributed by atoms with Crippen molar-refractivity contribution >= 4 is 40.9 Å². The number of benzene rings is 2. The van der Waals surface area contributed by atoms with Crippen molar-refractivity contribution in [2.24, 2.45) is 0 Å². The predicted octanol–water partition coefficient (Wildman–Crippen LogP) is 2.54. The van der Waals surface area contributed by atoms with Gasteiger partial charge in [-0.3, -0.25) is 19.8 Å². The van der Waals surface area contributed by atoms with Gasteiger partial charge in [-0.1, -0.05) is 18.2 Å². The number of carbonyl (C=O) groups excluding carboxylic acids is 2. The largest absolute Gasteiger partial charge is 0.497 e. The number of amides is 2. The van der Waals surface area contributed by atoms with Crippen LogP contribution in [0.3, 0.4) is 0 Å². The van der Waals surface area contributed by atoms with Crippen molar-refractivity contribution in [3.8, 4) is 11.5 Å². The van der Waals surface area contributed by atoms with Gasteiger partial charge < -0.3 is 9.47 Å². The fourth-order valence-corrected chi connectivity index (χ4v) is 2.84. The Morgan fingerprint density at radius 1 is 1.04 bits per heavy atom. The minimum absolute atomic E-state index is 0.0362. The first-order chi connectivity index (χ1) is 12.5. The molecular formula is C19H16N2O4S. The highest BCUT2D eigenvalue weighted by molar-refractivity contribution is 7.80. The molecule has 1 heterocycles. The maximum absolute atomic E-state index is 12.9. The summed E-state index contributed by atoms with van der Waals surface area (Å²) in [6, 6.07) is 14.0. The van der Waals surface area contributed by atoms with Crippen molar-refractivity contribution in [3.63, 3.8) is 0 Å². The SMILES string of the molecule is COc1ccc(/C=C2/C(=O)NC(=S)N(c3ccccc3)C2=O)c(OC)c1. The van der Waals surface area contributed by atoms with Crippen LogP contribution >= 0.6 is 12.2 Å². The third kappa shape index (κ3) is 3.29. The molecule has 0 atom stereocenters. The topological polar surface area (TPSA) is 67.9 Å². The minimum Gasteiger partial charge on any atom is -0.497 e. The second kappa shape index (κ2) is 7.37. The monoisotopic (exact) mass is 368 g/mol. The van der Waals surface area contributed by atoms with Crippen LogP contribution in [0.15, 0.2) is 54.1 Å². The average Bonchev–Trinajstić information content (AvgIpc) is 2.65. The van der Waals surface area contributed by atoms with E-state index >= 15 is 0 Å². The van der Waals surface area contributed by atoms with E-state index in [0.717, 1.165) is 0 Å². The van der Waals surface area contributed by atoms with Gasteiger partial charge in [0.15, 0.2) is 5.11 Å². The van der Waals surface area contributed by atoms with E-state index in [4.69, 9.17) is 21.7 Å². The lowest BCUT2D eigenvalue weighted by Crippen LogP contribution is -2.54. The molecule has 1 saturated heterocycles. The molecule has 7 heteroatoms.